The third-order valence-electron chi connectivity index (χ3n) is 12.2. The molecule has 0 aliphatic rings. The number of nitrogens with one attached hydrogen (secondary N) is 1. The first-order valence-electron chi connectivity index (χ1n) is 25.8. The summed E-state index contributed by atoms with van der Waals surface area (Å²) in [5.74, 6) is -0.452. The van der Waals surface area contributed by atoms with E-state index in [9.17, 15) is 19.8 Å². The zero-order chi connectivity index (χ0) is 41.7. The quantitative estimate of drug-likeness (QED) is 0.0420. The first kappa shape index (κ1) is 55.9. The van der Waals surface area contributed by atoms with E-state index in [1.165, 1.54) is 205 Å². The van der Waals surface area contributed by atoms with Crippen molar-refractivity contribution in [1.29, 1.82) is 0 Å². The predicted octanol–water partition coefficient (Wildman–Crippen LogP) is 15.2. The second kappa shape index (κ2) is 45.9. The Labute approximate surface area is 356 Å². The summed E-state index contributed by atoms with van der Waals surface area (Å²) in [5.41, 5.74) is 0. The number of hydrogen-bond acceptors (Lipinski definition) is 5. The molecule has 0 aliphatic heterocycles. The van der Waals surface area contributed by atoms with Gasteiger partial charge in [-0.3, -0.25) is 9.59 Å². The Bertz CT molecular complexity index is 821. The SMILES string of the molecule is CCCCCCCCCCCCCCCCCCC(CC(=O)NC(CO)C(O)CCCCCCCCCCC)OC(=O)CCCCCCCCCCCCCCC. The molecule has 1 amide bonds. The molecule has 6 nitrogen and oxygen atoms in total. The molecule has 3 unspecified atom stereocenters. The number of rotatable bonds is 47. The van der Waals surface area contributed by atoms with Gasteiger partial charge in [-0.25, -0.2) is 0 Å². The van der Waals surface area contributed by atoms with Gasteiger partial charge in [0, 0.05) is 6.42 Å². The molecule has 0 spiro atoms. The molecule has 0 aromatic heterocycles. The minimum absolute atomic E-state index is 0.0876. The van der Waals surface area contributed by atoms with E-state index in [-0.39, 0.29) is 24.9 Å². The molecule has 0 saturated heterocycles. The molecule has 0 aromatic rings. The van der Waals surface area contributed by atoms with Crippen molar-refractivity contribution < 1.29 is 24.5 Å². The molecular weight excluding hydrogens is 707 g/mol. The van der Waals surface area contributed by atoms with Gasteiger partial charge in [0.05, 0.1) is 25.2 Å². The molecule has 340 valence electrons. The fourth-order valence-electron chi connectivity index (χ4n) is 8.26. The van der Waals surface area contributed by atoms with Gasteiger partial charge in [0.2, 0.25) is 5.91 Å². The van der Waals surface area contributed by atoms with E-state index in [0.717, 1.165) is 38.5 Å². The van der Waals surface area contributed by atoms with Gasteiger partial charge in [0.25, 0.3) is 0 Å². The van der Waals surface area contributed by atoms with E-state index in [0.29, 0.717) is 19.3 Å². The van der Waals surface area contributed by atoms with Gasteiger partial charge in [-0.05, 0) is 25.7 Å². The average Bonchev–Trinajstić information content (AvgIpc) is 3.20. The van der Waals surface area contributed by atoms with Crippen molar-refractivity contribution in [3.8, 4) is 0 Å². The fraction of sp³-hybridized carbons (Fsp3) is 0.961. The summed E-state index contributed by atoms with van der Waals surface area (Å²) in [6.45, 7) is 6.49. The van der Waals surface area contributed by atoms with Gasteiger partial charge >= 0.3 is 5.97 Å². The summed E-state index contributed by atoms with van der Waals surface area (Å²) < 4.78 is 5.94. The average molecular weight is 808 g/mol. The third kappa shape index (κ3) is 41.4. The van der Waals surface area contributed by atoms with Crippen LogP contribution in [0.1, 0.15) is 290 Å². The highest BCUT2D eigenvalue weighted by Crippen LogP contribution is 2.19. The van der Waals surface area contributed by atoms with E-state index in [1.807, 2.05) is 0 Å². The molecule has 3 atom stereocenters. The maximum Gasteiger partial charge on any atom is 0.306 e. The number of aliphatic hydroxyl groups excluding tert-OH is 2. The zero-order valence-electron chi connectivity index (χ0n) is 38.8. The lowest BCUT2D eigenvalue weighted by atomic mass is 10.0. The molecule has 0 rings (SSSR count). The highest BCUT2D eigenvalue weighted by Gasteiger charge is 2.24. The Morgan fingerprint density at radius 1 is 0.439 bits per heavy atom. The number of unbranched alkanes of at least 4 members (excludes halogenated alkanes) is 35. The molecule has 3 N–H and O–H groups in total. The smallest absolute Gasteiger partial charge is 0.306 e. The van der Waals surface area contributed by atoms with E-state index in [1.54, 1.807) is 0 Å². The van der Waals surface area contributed by atoms with Crippen molar-refractivity contribution in [2.45, 2.75) is 309 Å². The van der Waals surface area contributed by atoms with Crippen LogP contribution in [0.2, 0.25) is 0 Å². The largest absolute Gasteiger partial charge is 0.462 e. The highest BCUT2D eigenvalue weighted by molar-refractivity contribution is 5.77. The number of carbonyl (C=O) groups is 2. The fourth-order valence-corrected chi connectivity index (χ4v) is 8.26. The Balaban J connectivity index is 4.51. The number of amides is 1. The second-order valence-electron chi connectivity index (χ2n) is 17.9. The molecule has 57 heavy (non-hydrogen) atoms. The molecular formula is C51H101NO5. The molecule has 0 aliphatic carbocycles. The Kier molecular flexibility index (Phi) is 45.0. The summed E-state index contributed by atoms with van der Waals surface area (Å²) in [6.07, 6.45) is 48.8. The Morgan fingerprint density at radius 2 is 0.737 bits per heavy atom. The summed E-state index contributed by atoms with van der Waals surface area (Å²) in [4.78, 5) is 26.1. The summed E-state index contributed by atoms with van der Waals surface area (Å²) >= 11 is 0. The van der Waals surface area contributed by atoms with Crippen molar-refractivity contribution in [2.75, 3.05) is 6.61 Å². The number of hydrogen-bond donors (Lipinski definition) is 3. The lowest BCUT2D eigenvalue weighted by molar-refractivity contribution is -0.151. The van der Waals surface area contributed by atoms with Crippen molar-refractivity contribution in [2.24, 2.45) is 0 Å². The van der Waals surface area contributed by atoms with Crippen molar-refractivity contribution in [1.82, 2.24) is 5.32 Å². The molecule has 0 fully saturated rings. The van der Waals surface area contributed by atoms with Crippen LogP contribution in [-0.2, 0) is 14.3 Å². The molecule has 6 heteroatoms. The summed E-state index contributed by atoms with van der Waals surface area (Å²) in [6, 6.07) is -0.691. The highest BCUT2D eigenvalue weighted by atomic mass is 16.5. The molecule has 0 aromatic carbocycles. The lowest BCUT2D eigenvalue weighted by Crippen LogP contribution is -2.46. The van der Waals surface area contributed by atoms with Crippen LogP contribution in [0.3, 0.4) is 0 Å². The summed E-state index contributed by atoms with van der Waals surface area (Å²) in [5, 5.41) is 23.7. The minimum atomic E-state index is -0.777. The minimum Gasteiger partial charge on any atom is -0.462 e. The van der Waals surface area contributed by atoms with E-state index in [2.05, 4.69) is 26.1 Å². The Hall–Kier alpha value is -1.14. The number of ether oxygens (including phenoxy) is 1. The van der Waals surface area contributed by atoms with Crippen LogP contribution >= 0.6 is 0 Å². The van der Waals surface area contributed by atoms with Crippen LogP contribution in [0.5, 0.6) is 0 Å². The van der Waals surface area contributed by atoms with Crippen LogP contribution < -0.4 is 5.32 Å². The zero-order valence-corrected chi connectivity index (χ0v) is 38.8. The van der Waals surface area contributed by atoms with Crippen molar-refractivity contribution in [3.63, 3.8) is 0 Å². The van der Waals surface area contributed by atoms with Crippen molar-refractivity contribution >= 4 is 11.9 Å². The van der Waals surface area contributed by atoms with E-state index in [4.69, 9.17) is 4.74 Å². The topological polar surface area (TPSA) is 95.9 Å². The monoisotopic (exact) mass is 808 g/mol. The van der Waals surface area contributed by atoms with E-state index < -0.39 is 18.2 Å². The molecule has 0 saturated carbocycles. The standard InChI is InChI=1S/C51H101NO5/c1-4-7-10-13-16-19-21-23-24-25-27-28-31-33-36-39-42-47(57-51(56)44-41-38-35-32-29-26-22-20-17-14-11-8-5-2)45-50(55)52-48(46-53)49(54)43-40-37-34-30-18-15-12-9-6-3/h47-49,53-54H,4-46H2,1-3H3,(H,52,55). The lowest BCUT2D eigenvalue weighted by Gasteiger charge is -2.24. The van der Waals surface area contributed by atoms with Crippen LogP contribution in [0.4, 0.5) is 0 Å². The number of esters is 1. The first-order valence-corrected chi connectivity index (χ1v) is 25.8. The van der Waals surface area contributed by atoms with Gasteiger partial charge in [-0.2, -0.15) is 0 Å². The second-order valence-corrected chi connectivity index (χ2v) is 17.9. The molecule has 0 radical (unpaired) electrons. The van der Waals surface area contributed by atoms with E-state index >= 15 is 0 Å². The Morgan fingerprint density at radius 3 is 1.07 bits per heavy atom. The van der Waals surface area contributed by atoms with Gasteiger partial charge in [0.15, 0.2) is 0 Å². The van der Waals surface area contributed by atoms with Gasteiger partial charge < -0.3 is 20.3 Å². The van der Waals surface area contributed by atoms with Crippen LogP contribution in [0.15, 0.2) is 0 Å². The number of carbonyl (C=O) groups excluding carboxylic acids is 2. The maximum absolute atomic E-state index is 13.2. The molecule has 0 heterocycles. The molecule has 0 bridgehead atoms. The van der Waals surface area contributed by atoms with Gasteiger partial charge in [-0.1, -0.05) is 252 Å². The van der Waals surface area contributed by atoms with Crippen LogP contribution in [0.25, 0.3) is 0 Å². The first-order chi connectivity index (χ1) is 28.0. The van der Waals surface area contributed by atoms with Crippen molar-refractivity contribution in [3.05, 3.63) is 0 Å². The van der Waals surface area contributed by atoms with Crippen LogP contribution in [0, 0.1) is 0 Å². The van der Waals surface area contributed by atoms with Gasteiger partial charge in [0.1, 0.15) is 6.10 Å². The van der Waals surface area contributed by atoms with Crippen LogP contribution in [-0.4, -0.2) is 46.9 Å². The number of aliphatic hydroxyl groups is 2. The summed E-state index contributed by atoms with van der Waals surface area (Å²) in [7, 11) is 0. The third-order valence-corrected chi connectivity index (χ3v) is 12.2. The van der Waals surface area contributed by atoms with Gasteiger partial charge in [-0.15, -0.1) is 0 Å². The predicted molar refractivity (Wildman–Crippen MR) is 246 cm³/mol. The normalized spacial score (nSPS) is 13.1. The maximum atomic E-state index is 13.2.